The Morgan fingerprint density at radius 1 is 1.06 bits per heavy atom. The van der Waals surface area contributed by atoms with E-state index < -0.39 is 0 Å². The standard InChI is InChI=1S/C27H35N7O2/c1-4-5-18-36-22-8-6-21(7-9-22)23-19-24-27-29-28-25(33(27)16-17-34(24)30-23)10-11-26(35)32-14-12-31(13-15-32)20(2)3/h6-9,16-17,19-20H,4-5,10-15,18H2,1-3H3. The van der Waals surface area contributed by atoms with Gasteiger partial charge in [-0.25, -0.2) is 4.52 Å². The molecule has 0 bridgehead atoms. The zero-order chi connectivity index (χ0) is 25.1. The molecular weight excluding hydrogens is 454 g/mol. The molecule has 3 aromatic heterocycles. The van der Waals surface area contributed by atoms with Gasteiger partial charge in [-0.1, -0.05) is 13.3 Å². The van der Waals surface area contributed by atoms with E-state index in [4.69, 9.17) is 9.84 Å². The van der Waals surface area contributed by atoms with Crippen molar-refractivity contribution in [2.75, 3.05) is 32.8 Å². The van der Waals surface area contributed by atoms with E-state index in [9.17, 15) is 4.79 Å². The lowest BCUT2D eigenvalue weighted by molar-refractivity contribution is -0.133. The second-order valence-corrected chi connectivity index (χ2v) is 9.70. The molecule has 9 nitrogen and oxygen atoms in total. The van der Waals surface area contributed by atoms with Crippen molar-refractivity contribution in [2.24, 2.45) is 0 Å². The second-order valence-electron chi connectivity index (χ2n) is 9.70. The Kier molecular flexibility index (Phi) is 7.18. The fraction of sp³-hybridized carbons (Fsp3) is 0.481. The maximum Gasteiger partial charge on any atom is 0.223 e. The molecule has 0 spiro atoms. The highest BCUT2D eigenvalue weighted by Crippen LogP contribution is 2.24. The van der Waals surface area contributed by atoms with Crippen LogP contribution in [0.5, 0.6) is 5.75 Å². The van der Waals surface area contributed by atoms with E-state index in [0.717, 1.165) is 79.6 Å². The van der Waals surface area contributed by atoms with E-state index in [0.29, 0.717) is 18.9 Å². The van der Waals surface area contributed by atoms with Crippen LogP contribution in [-0.4, -0.2) is 78.7 Å². The molecule has 1 amide bonds. The van der Waals surface area contributed by atoms with Crippen molar-refractivity contribution in [1.29, 1.82) is 0 Å². The first-order valence-corrected chi connectivity index (χ1v) is 13.0. The van der Waals surface area contributed by atoms with Crippen LogP contribution in [0, 0.1) is 0 Å². The van der Waals surface area contributed by atoms with Gasteiger partial charge >= 0.3 is 0 Å². The molecule has 1 fully saturated rings. The average Bonchev–Trinajstić information content (AvgIpc) is 3.52. The number of carbonyl (C=O) groups excluding carboxylic acids is 1. The lowest BCUT2D eigenvalue weighted by atomic mass is 10.1. The molecule has 1 aromatic carbocycles. The van der Waals surface area contributed by atoms with E-state index in [-0.39, 0.29) is 5.91 Å². The van der Waals surface area contributed by atoms with Crippen LogP contribution in [0.4, 0.5) is 0 Å². The van der Waals surface area contributed by atoms with Gasteiger partial charge in [0.15, 0.2) is 5.65 Å². The number of aryl methyl sites for hydroxylation is 1. The fourth-order valence-corrected chi connectivity index (χ4v) is 4.69. The van der Waals surface area contributed by atoms with E-state index in [2.05, 4.69) is 35.9 Å². The molecule has 9 heteroatoms. The second kappa shape index (κ2) is 10.7. The Bertz CT molecular complexity index is 1320. The summed E-state index contributed by atoms with van der Waals surface area (Å²) in [5, 5.41) is 13.6. The largest absolute Gasteiger partial charge is 0.494 e. The first kappa shape index (κ1) is 24.2. The summed E-state index contributed by atoms with van der Waals surface area (Å²) < 4.78 is 9.57. The Labute approximate surface area is 211 Å². The van der Waals surface area contributed by atoms with Crippen molar-refractivity contribution in [3.63, 3.8) is 0 Å². The van der Waals surface area contributed by atoms with Crippen molar-refractivity contribution in [2.45, 2.75) is 52.5 Å². The summed E-state index contributed by atoms with van der Waals surface area (Å²) in [5.41, 5.74) is 3.50. The van der Waals surface area contributed by atoms with Crippen molar-refractivity contribution >= 4 is 17.1 Å². The number of benzene rings is 1. The number of hydrogen-bond donors (Lipinski definition) is 0. The van der Waals surface area contributed by atoms with Gasteiger partial charge in [-0.15, -0.1) is 10.2 Å². The third kappa shape index (κ3) is 5.06. The van der Waals surface area contributed by atoms with E-state index in [1.807, 2.05) is 56.5 Å². The summed E-state index contributed by atoms with van der Waals surface area (Å²) in [6.07, 6.45) is 6.99. The van der Waals surface area contributed by atoms with E-state index in [1.54, 1.807) is 0 Å². The van der Waals surface area contributed by atoms with Crippen molar-refractivity contribution in [1.82, 2.24) is 34.0 Å². The molecule has 4 heterocycles. The van der Waals surface area contributed by atoms with Gasteiger partial charge in [0.1, 0.15) is 17.1 Å². The molecule has 4 aromatic rings. The quantitative estimate of drug-likeness (QED) is 0.334. The van der Waals surface area contributed by atoms with Crippen LogP contribution < -0.4 is 4.74 Å². The van der Waals surface area contributed by atoms with Crippen LogP contribution in [-0.2, 0) is 11.2 Å². The van der Waals surface area contributed by atoms with Crippen molar-refractivity contribution < 1.29 is 9.53 Å². The van der Waals surface area contributed by atoms with Gasteiger partial charge in [0.25, 0.3) is 0 Å². The number of amides is 1. The number of ether oxygens (including phenoxy) is 1. The van der Waals surface area contributed by atoms with Gasteiger partial charge in [0.2, 0.25) is 5.91 Å². The molecule has 0 unspecified atom stereocenters. The maximum atomic E-state index is 12.8. The van der Waals surface area contributed by atoms with Gasteiger partial charge in [-0.2, -0.15) is 5.10 Å². The van der Waals surface area contributed by atoms with Crippen LogP contribution in [0.2, 0.25) is 0 Å². The van der Waals surface area contributed by atoms with Crippen LogP contribution in [0.3, 0.4) is 0 Å². The lowest BCUT2D eigenvalue weighted by Crippen LogP contribution is -2.50. The summed E-state index contributed by atoms with van der Waals surface area (Å²) >= 11 is 0. The third-order valence-electron chi connectivity index (χ3n) is 6.96. The number of rotatable bonds is 9. The zero-order valence-electron chi connectivity index (χ0n) is 21.4. The molecule has 0 N–H and O–H groups in total. The molecule has 1 saturated heterocycles. The SMILES string of the molecule is CCCCOc1ccc(-c2cc3c4nnc(CCC(=O)N5CCN(C(C)C)CC5)n4ccn3n2)cc1. The summed E-state index contributed by atoms with van der Waals surface area (Å²) in [4.78, 5) is 17.2. The summed E-state index contributed by atoms with van der Waals surface area (Å²) in [6.45, 7) is 10.8. The fourth-order valence-electron chi connectivity index (χ4n) is 4.69. The Morgan fingerprint density at radius 3 is 2.56 bits per heavy atom. The molecule has 36 heavy (non-hydrogen) atoms. The Hall–Kier alpha value is -3.46. The van der Waals surface area contributed by atoms with Crippen LogP contribution in [0.1, 0.15) is 45.9 Å². The number of hydrogen-bond acceptors (Lipinski definition) is 6. The highest BCUT2D eigenvalue weighted by Gasteiger charge is 2.23. The van der Waals surface area contributed by atoms with Crippen LogP contribution in [0.15, 0.2) is 42.7 Å². The highest BCUT2D eigenvalue weighted by atomic mass is 16.5. The number of carbonyl (C=O) groups is 1. The minimum Gasteiger partial charge on any atom is -0.494 e. The molecule has 0 saturated carbocycles. The number of fused-ring (bicyclic) bond motifs is 3. The number of unbranched alkanes of at least 4 members (excludes halogenated alkanes) is 1. The van der Waals surface area contributed by atoms with E-state index in [1.165, 1.54) is 0 Å². The monoisotopic (exact) mass is 489 g/mol. The number of nitrogens with zero attached hydrogens (tertiary/aromatic N) is 7. The van der Waals surface area contributed by atoms with E-state index >= 15 is 0 Å². The highest BCUT2D eigenvalue weighted by molar-refractivity contribution is 5.78. The molecular formula is C27H35N7O2. The summed E-state index contributed by atoms with van der Waals surface area (Å²) in [6, 6.07) is 10.6. The van der Waals surface area contributed by atoms with Gasteiger partial charge in [-0.3, -0.25) is 14.1 Å². The summed E-state index contributed by atoms with van der Waals surface area (Å²) in [7, 11) is 0. The first-order chi connectivity index (χ1) is 17.5. The molecule has 0 radical (unpaired) electrons. The molecule has 0 aliphatic carbocycles. The summed E-state index contributed by atoms with van der Waals surface area (Å²) in [5.74, 6) is 1.85. The first-order valence-electron chi connectivity index (χ1n) is 13.0. The average molecular weight is 490 g/mol. The Morgan fingerprint density at radius 2 is 1.83 bits per heavy atom. The smallest absolute Gasteiger partial charge is 0.223 e. The van der Waals surface area contributed by atoms with Crippen LogP contribution >= 0.6 is 0 Å². The number of aromatic nitrogens is 5. The van der Waals surface area contributed by atoms with Crippen LogP contribution in [0.25, 0.3) is 22.4 Å². The van der Waals surface area contributed by atoms with Gasteiger partial charge in [0, 0.05) is 63.0 Å². The third-order valence-corrected chi connectivity index (χ3v) is 6.96. The van der Waals surface area contributed by atoms with Crippen molar-refractivity contribution in [3.8, 4) is 17.0 Å². The van der Waals surface area contributed by atoms with Gasteiger partial charge in [-0.05, 0) is 50.6 Å². The van der Waals surface area contributed by atoms with Gasteiger partial charge in [0.05, 0.1) is 12.3 Å². The van der Waals surface area contributed by atoms with Crippen molar-refractivity contribution in [3.05, 3.63) is 48.5 Å². The molecule has 0 atom stereocenters. The molecule has 190 valence electrons. The molecule has 1 aliphatic rings. The topological polar surface area (TPSA) is 80.3 Å². The predicted molar refractivity (Wildman–Crippen MR) is 139 cm³/mol. The predicted octanol–water partition coefficient (Wildman–Crippen LogP) is 3.71. The van der Waals surface area contributed by atoms with Gasteiger partial charge < -0.3 is 9.64 Å². The molecule has 1 aliphatic heterocycles. The molecule has 5 rings (SSSR count). The number of piperazine rings is 1. The lowest BCUT2D eigenvalue weighted by Gasteiger charge is -2.37. The zero-order valence-corrected chi connectivity index (χ0v) is 21.4. The Balaban J connectivity index is 1.27. The minimum atomic E-state index is 0.185. The normalized spacial score (nSPS) is 14.8. The maximum absolute atomic E-state index is 12.8. The minimum absolute atomic E-state index is 0.185.